The quantitative estimate of drug-likeness (QED) is 0.674. The highest BCUT2D eigenvalue weighted by molar-refractivity contribution is 6.01. The fourth-order valence-electron chi connectivity index (χ4n) is 3.38. The number of hydrogen-bond acceptors (Lipinski definition) is 5. The highest BCUT2D eigenvalue weighted by Crippen LogP contribution is 2.19. The van der Waals surface area contributed by atoms with Gasteiger partial charge in [0.2, 0.25) is 0 Å². The molecule has 2 aromatic rings. The predicted molar refractivity (Wildman–Crippen MR) is 116 cm³/mol. The summed E-state index contributed by atoms with van der Waals surface area (Å²) in [7, 11) is 0. The van der Waals surface area contributed by atoms with Crippen LogP contribution in [0.2, 0.25) is 0 Å². The lowest BCUT2D eigenvalue weighted by Crippen LogP contribution is -2.40. The summed E-state index contributed by atoms with van der Waals surface area (Å²) in [4.78, 5) is 7.66. The van der Waals surface area contributed by atoms with E-state index in [1.165, 1.54) is 6.07 Å². The van der Waals surface area contributed by atoms with Gasteiger partial charge in [-0.25, -0.2) is 4.39 Å². The van der Waals surface area contributed by atoms with Gasteiger partial charge < -0.3 is 14.7 Å². The van der Waals surface area contributed by atoms with Crippen molar-refractivity contribution in [3.8, 4) is 0 Å². The normalized spacial score (nSPS) is 17.7. The van der Waals surface area contributed by atoms with Crippen LogP contribution in [0, 0.1) is 5.82 Å². The van der Waals surface area contributed by atoms with Crippen LogP contribution in [-0.2, 0) is 16.1 Å². The Balaban J connectivity index is 1.63. The molecule has 0 aliphatic carbocycles. The summed E-state index contributed by atoms with van der Waals surface area (Å²) >= 11 is 0. The molecule has 2 aromatic carbocycles. The van der Waals surface area contributed by atoms with Gasteiger partial charge in [-0.15, -0.1) is 0 Å². The van der Waals surface area contributed by atoms with E-state index >= 15 is 0 Å². The highest BCUT2D eigenvalue weighted by atomic mass is 19.1. The van der Waals surface area contributed by atoms with Crippen molar-refractivity contribution in [2.45, 2.75) is 51.5 Å². The second kappa shape index (κ2) is 10.2. The average Bonchev–Trinajstić information content (AvgIpc) is 3.17. The Morgan fingerprint density at radius 3 is 2.57 bits per heavy atom. The molecule has 0 saturated carbocycles. The molecule has 0 fully saturated rings. The maximum absolute atomic E-state index is 14.2. The van der Waals surface area contributed by atoms with Gasteiger partial charge >= 0.3 is 0 Å². The molecule has 0 unspecified atom stereocenters. The maximum Gasteiger partial charge on any atom is 0.145 e. The molecule has 30 heavy (non-hydrogen) atoms. The van der Waals surface area contributed by atoms with Crippen LogP contribution in [0.1, 0.15) is 38.3 Å². The average molecular weight is 415 g/mol. The van der Waals surface area contributed by atoms with Crippen molar-refractivity contribution in [2.75, 3.05) is 19.7 Å². The van der Waals surface area contributed by atoms with Gasteiger partial charge in [-0.05, 0) is 32.4 Å². The summed E-state index contributed by atoms with van der Waals surface area (Å²) < 4.78 is 19.9. The van der Waals surface area contributed by atoms with Crippen molar-refractivity contribution in [1.82, 2.24) is 4.90 Å². The first-order chi connectivity index (χ1) is 14.3. The van der Waals surface area contributed by atoms with E-state index in [4.69, 9.17) is 9.57 Å². The van der Waals surface area contributed by atoms with Gasteiger partial charge in [0.15, 0.2) is 0 Å². The minimum absolute atomic E-state index is 0.150. The number of ether oxygens (including phenoxy) is 1. The zero-order valence-electron chi connectivity index (χ0n) is 17.9. The largest absolute Gasteiger partial charge is 0.390 e. The van der Waals surface area contributed by atoms with E-state index in [9.17, 15) is 9.50 Å². The van der Waals surface area contributed by atoms with Gasteiger partial charge in [0.1, 0.15) is 11.9 Å². The summed E-state index contributed by atoms with van der Waals surface area (Å²) in [5, 5.41) is 14.7. The molecule has 0 radical (unpaired) electrons. The van der Waals surface area contributed by atoms with Crippen LogP contribution in [0.25, 0.3) is 0 Å². The second-order valence-electron chi connectivity index (χ2n) is 8.70. The first-order valence-corrected chi connectivity index (χ1v) is 10.4. The molecule has 2 atom stereocenters. The van der Waals surface area contributed by atoms with Crippen LogP contribution in [0.4, 0.5) is 4.39 Å². The standard InChI is InChI=1S/C24H31FN2O3/c1-24(2,3)29-17-20(28)15-27(14-19-11-7-8-12-22(19)25)16-21-13-23(26-30-21)18-9-5-4-6-10-18/h4-12,20-21,28H,13-17H2,1-3H3/t20-,21-/m0/s1. The Morgan fingerprint density at radius 1 is 1.17 bits per heavy atom. The lowest BCUT2D eigenvalue weighted by molar-refractivity contribution is -0.0601. The van der Waals surface area contributed by atoms with Crippen LogP contribution < -0.4 is 0 Å². The summed E-state index contributed by atoms with van der Waals surface area (Å²) in [6.45, 7) is 7.32. The third-order valence-electron chi connectivity index (χ3n) is 4.83. The Morgan fingerprint density at radius 2 is 1.87 bits per heavy atom. The fourth-order valence-corrected chi connectivity index (χ4v) is 3.38. The molecule has 6 heteroatoms. The third-order valence-corrected chi connectivity index (χ3v) is 4.83. The molecule has 1 N–H and O–H groups in total. The van der Waals surface area contributed by atoms with Crippen LogP contribution in [0.5, 0.6) is 0 Å². The fraction of sp³-hybridized carbons (Fsp3) is 0.458. The number of nitrogens with zero attached hydrogens (tertiary/aromatic N) is 2. The molecule has 0 amide bonds. The van der Waals surface area contributed by atoms with E-state index in [1.807, 2.05) is 62.1 Å². The molecule has 3 rings (SSSR count). The Kier molecular flexibility index (Phi) is 7.58. The molecule has 162 valence electrons. The highest BCUT2D eigenvalue weighted by Gasteiger charge is 2.26. The van der Waals surface area contributed by atoms with Crippen LogP contribution >= 0.6 is 0 Å². The molecule has 5 nitrogen and oxygen atoms in total. The van der Waals surface area contributed by atoms with Crippen LogP contribution in [-0.4, -0.2) is 53.2 Å². The topological polar surface area (TPSA) is 54.3 Å². The van der Waals surface area contributed by atoms with Gasteiger partial charge in [-0.1, -0.05) is 53.7 Å². The monoisotopic (exact) mass is 414 g/mol. The lowest BCUT2D eigenvalue weighted by Gasteiger charge is -2.28. The van der Waals surface area contributed by atoms with E-state index in [0.717, 1.165) is 11.3 Å². The van der Waals surface area contributed by atoms with E-state index in [-0.39, 0.29) is 24.1 Å². The third kappa shape index (κ3) is 6.90. The minimum Gasteiger partial charge on any atom is -0.390 e. The van der Waals surface area contributed by atoms with Crippen molar-refractivity contribution < 1.29 is 19.1 Å². The van der Waals surface area contributed by atoms with Gasteiger partial charge in [-0.3, -0.25) is 4.90 Å². The summed E-state index contributed by atoms with van der Waals surface area (Å²) in [5.74, 6) is -0.253. The van der Waals surface area contributed by atoms with Crippen LogP contribution in [0.15, 0.2) is 59.8 Å². The van der Waals surface area contributed by atoms with Crippen molar-refractivity contribution in [3.05, 3.63) is 71.5 Å². The molecule has 1 heterocycles. The van der Waals surface area contributed by atoms with E-state index in [1.54, 1.807) is 12.1 Å². The van der Waals surface area contributed by atoms with E-state index < -0.39 is 6.10 Å². The summed E-state index contributed by atoms with van der Waals surface area (Å²) in [5.41, 5.74) is 2.20. The number of aliphatic hydroxyl groups excluding tert-OH is 1. The van der Waals surface area contributed by atoms with Gasteiger partial charge in [0, 0.05) is 31.6 Å². The lowest BCUT2D eigenvalue weighted by atomic mass is 10.0. The Hall–Kier alpha value is -2.28. The van der Waals surface area contributed by atoms with Gasteiger partial charge in [-0.2, -0.15) is 0 Å². The predicted octanol–water partition coefficient (Wildman–Crippen LogP) is 4.00. The molecular formula is C24H31FN2O3. The molecule has 0 spiro atoms. The minimum atomic E-state index is -0.688. The molecule has 1 aliphatic rings. The number of rotatable bonds is 9. The van der Waals surface area contributed by atoms with E-state index in [2.05, 4.69) is 5.16 Å². The molecular weight excluding hydrogens is 383 g/mol. The second-order valence-corrected chi connectivity index (χ2v) is 8.70. The van der Waals surface area contributed by atoms with Crippen LogP contribution in [0.3, 0.4) is 0 Å². The number of oxime groups is 1. The van der Waals surface area contributed by atoms with Gasteiger partial charge in [0.05, 0.1) is 24.0 Å². The van der Waals surface area contributed by atoms with Crippen molar-refractivity contribution in [2.24, 2.45) is 5.16 Å². The zero-order valence-corrected chi connectivity index (χ0v) is 17.9. The van der Waals surface area contributed by atoms with Gasteiger partial charge in [0.25, 0.3) is 0 Å². The number of benzene rings is 2. The Bertz CT molecular complexity index is 836. The van der Waals surface area contributed by atoms with Crippen molar-refractivity contribution in [1.29, 1.82) is 0 Å². The van der Waals surface area contributed by atoms with E-state index in [0.29, 0.717) is 31.6 Å². The molecule has 1 aliphatic heterocycles. The van der Waals surface area contributed by atoms with Crippen molar-refractivity contribution >= 4 is 5.71 Å². The summed E-state index contributed by atoms with van der Waals surface area (Å²) in [6.07, 6.45) is -0.165. The number of hydrogen-bond donors (Lipinski definition) is 1. The first kappa shape index (κ1) is 22.4. The van der Waals surface area contributed by atoms with Crippen molar-refractivity contribution in [3.63, 3.8) is 0 Å². The molecule has 0 aromatic heterocycles. The number of halogens is 1. The Labute approximate surface area is 178 Å². The number of aliphatic hydroxyl groups is 1. The smallest absolute Gasteiger partial charge is 0.145 e. The first-order valence-electron chi connectivity index (χ1n) is 10.4. The molecule has 0 saturated heterocycles. The SMILES string of the molecule is CC(C)(C)OC[C@@H](O)CN(Cc1ccccc1F)C[C@@H]1CC(c2ccccc2)=NO1. The summed E-state index contributed by atoms with van der Waals surface area (Å²) in [6, 6.07) is 16.6. The maximum atomic E-state index is 14.2. The zero-order chi connectivity index (χ0) is 21.6. The molecule has 0 bridgehead atoms.